The molecule has 0 saturated heterocycles. The third-order valence-electron chi connectivity index (χ3n) is 9.22. The summed E-state index contributed by atoms with van der Waals surface area (Å²) in [6.45, 7) is 10.3. The van der Waals surface area contributed by atoms with Crippen molar-refractivity contribution >= 4 is 11.9 Å². The molecule has 0 radical (unpaired) electrons. The van der Waals surface area contributed by atoms with Gasteiger partial charge >= 0.3 is 5.97 Å². The first-order valence-electron chi connectivity index (χ1n) is 14.4. The Bertz CT molecular complexity index is 862. The topological polar surface area (TPSA) is 84.9 Å². The highest BCUT2D eigenvalue weighted by Crippen LogP contribution is 2.59. The highest BCUT2D eigenvalue weighted by molar-refractivity contribution is 5.75. The summed E-state index contributed by atoms with van der Waals surface area (Å²) in [7, 11) is 1.36. The Morgan fingerprint density at radius 2 is 2.00 bits per heavy atom. The molecule has 0 unspecified atom stereocenters. The molecule has 3 saturated carbocycles. The number of hydrogen-bond donors (Lipinski definition) is 2. The number of esters is 1. The summed E-state index contributed by atoms with van der Waals surface area (Å²) < 4.78 is 9.93. The van der Waals surface area contributed by atoms with E-state index in [-0.39, 0.29) is 24.4 Å². The van der Waals surface area contributed by atoms with Gasteiger partial charge in [0.2, 0.25) is 5.91 Å². The van der Waals surface area contributed by atoms with E-state index in [0.717, 1.165) is 32.1 Å². The van der Waals surface area contributed by atoms with Crippen LogP contribution in [0.2, 0.25) is 0 Å². The number of ether oxygens (including phenoxy) is 2. The summed E-state index contributed by atoms with van der Waals surface area (Å²) in [6.07, 6.45) is 15.9. The fourth-order valence-corrected chi connectivity index (χ4v) is 7.11. The number of carbonyl (C=O) groups is 2. The van der Waals surface area contributed by atoms with E-state index in [1.165, 1.54) is 50.4 Å². The zero-order valence-electron chi connectivity index (χ0n) is 23.4. The van der Waals surface area contributed by atoms with Crippen LogP contribution >= 0.6 is 0 Å². The van der Waals surface area contributed by atoms with Crippen LogP contribution in [0.3, 0.4) is 0 Å². The van der Waals surface area contributed by atoms with Gasteiger partial charge in [0.05, 0.1) is 32.8 Å². The van der Waals surface area contributed by atoms with Gasteiger partial charge < -0.3 is 19.9 Å². The average Bonchev–Trinajstić information content (AvgIpc) is 3.24. The second kappa shape index (κ2) is 14.3. The molecule has 5 atom stereocenters. The lowest BCUT2D eigenvalue weighted by atomic mass is 9.60. The lowest BCUT2D eigenvalue weighted by molar-refractivity contribution is -0.141. The summed E-state index contributed by atoms with van der Waals surface area (Å²) >= 11 is 0. The number of aliphatic hydroxyl groups excluding tert-OH is 1. The van der Waals surface area contributed by atoms with Crippen LogP contribution in [0.25, 0.3) is 0 Å². The fraction of sp³-hybridized carbons (Fsp3) is 0.742. The van der Waals surface area contributed by atoms with E-state index in [2.05, 4.69) is 42.6 Å². The number of methoxy groups -OCH3 is 1. The van der Waals surface area contributed by atoms with E-state index in [4.69, 9.17) is 4.74 Å². The molecular weight excluding hydrogens is 466 g/mol. The van der Waals surface area contributed by atoms with Crippen molar-refractivity contribution in [3.8, 4) is 0 Å². The zero-order valence-corrected chi connectivity index (χ0v) is 23.4. The van der Waals surface area contributed by atoms with Gasteiger partial charge in [-0.2, -0.15) is 0 Å². The quantitative estimate of drug-likeness (QED) is 0.259. The molecule has 3 fully saturated rings. The minimum Gasteiger partial charge on any atom is -0.469 e. The van der Waals surface area contributed by atoms with Gasteiger partial charge in [0, 0.05) is 13.0 Å². The summed E-state index contributed by atoms with van der Waals surface area (Å²) in [5.74, 6) is 1.74. The Balaban J connectivity index is 1.43. The monoisotopic (exact) mass is 515 g/mol. The van der Waals surface area contributed by atoms with E-state index in [9.17, 15) is 14.7 Å². The molecule has 3 rings (SSSR count). The van der Waals surface area contributed by atoms with Crippen LogP contribution in [-0.2, 0) is 19.1 Å². The van der Waals surface area contributed by atoms with Gasteiger partial charge in [0.25, 0.3) is 0 Å². The first kappa shape index (κ1) is 29.6. The van der Waals surface area contributed by atoms with Crippen LogP contribution in [0.4, 0.5) is 0 Å². The number of nitrogens with one attached hydrogen (secondary N) is 1. The van der Waals surface area contributed by atoms with Gasteiger partial charge in [-0.1, -0.05) is 43.7 Å². The maximum atomic E-state index is 12.2. The molecule has 0 bridgehead atoms. The molecule has 0 aromatic carbocycles. The Hall–Kier alpha value is -1.92. The summed E-state index contributed by atoms with van der Waals surface area (Å²) in [4.78, 5) is 23.3. The molecule has 6 heteroatoms. The van der Waals surface area contributed by atoms with Crippen molar-refractivity contribution in [2.75, 3.05) is 26.9 Å². The maximum Gasteiger partial charge on any atom is 0.307 e. The molecule has 3 aliphatic rings. The molecule has 0 heterocycles. The van der Waals surface area contributed by atoms with Crippen molar-refractivity contribution in [2.24, 2.45) is 23.2 Å². The van der Waals surface area contributed by atoms with Gasteiger partial charge in [-0.25, -0.2) is 0 Å². The molecule has 0 aromatic heterocycles. The minimum atomic E-state index is -0.287. The van der Waals surface area contributed by atoms with E-state index in [1.54, 1.807) is 5.57 Å². The third kappa shape index (κ3) is 8.28. The maximum absolute atomic E-state index is 12.2. The van der Waals surface area contributed by atoms with Crippen molar-refractivity contribution < 1.29 is 24.2 Å². The molecular formula is C31H49NO5. The molecule has 3 aliphatic carbocycles. The predicted octanol–water partition coefficient (Wildman–Crippen LogP) is 5.66. The van der Waals surface area contributed by atoms with E-state index >= 15 is 0 Å². The van der Waals surface area contributed by atoms with E-state index in [0.29, 0.717) is 49.3 Å². The van der Waals surface area contributed by atoms with Crippen LogP contribution < -0.4 is 5.32 Å². The molecule has 0 aromatic rings. The Kier molecular flexibility index (Phi) is 11.4. The van der Waals surface area contributed by atoms with Crippen LogP contribution in [0.1, 0.15) is 90.9 Å². The summed E-state index contributed by atoms with van der Waals surface area (Å²) in [5, 5.41) is 13.0. The first-order valence-corrected chi connectivity index (χ1v) is 14.4. The lowest BCUT2D eigenvalue weighted by Crippen LogP contribution is -2.36. The molecule has 37 heavy (non-hydrogen) atoms. The second-order valence-electron chi connectivity index (χ2n) is 11.7. The largest absolute Gasteiger partial charge is 0.469 e. The number of allylic oxidation sites excluding steroid dienone is 4. The highest BCUT2D eigenvalue weighted by atomic mass is 16.5. The molecule has 208 valence electrons. The fourth-order valence-electron chi connectivity index (χ4n) is 7.11. The molecule has 0 spiro atoms. The van der Waals surface area contributed by atoms with Gasteiger partial charge in [0.1, 0.15) is 0 Å². The van der Waals surface area contributed by atoms with Gasteiger partial charge in [-0.05, 0) is 93.0 Å². The smallest absolute Gasteiger partial charge is 0.307 e. The van der Waals surface area contributed by atoms with Crippen LogP contribution in [0.5, 0.6) is 0 Å². The number of fused-ring (bicyclic) bond motifs is 1. The zero-order chi connectivity index (χ0) is 26.8. The van der Waals surface area contributed by atoms with E-state index in [1.807, 2.05) is 0 Å². The molecule has 0 aliphatic heterocycles. The summed E-state index contributed by atoms with van der Waals surface area (Å²) in [6, 6.07) is 0. The van der Waals surface area contributed by atoms with Crippen LogP contribution in [-0.4, -0.2) is 50.0 Å². The number of carbonyl (C=O) groups excluding carboxylic acids is 2. The summed E-state index contributed by atoms with van der Waals surface area (Å²) in [5.41, 5.74) is 4.35. The van der Waals surface area contributed by atoms with Crippen LogP contribution in [0, 0.1) is 23.2 Å². The highest BCUT2D eigenvalue weighted by Gasteiger charge is 2.50. The van der Waals surface area contributed by atoms with Crippen molar-refractivity contribution in [2.45, 2.75) is 97.0 Å². The predicted molar refractivity (Wildman–Crippen MR) is 147 cm³/mol. The number of amides is 1. The number of aliphatic hydroxyl groups is 1. The van der Waals surface area contributed by atoms with Crippen molar-refractivity contribution in [1.29, 1.82) is 0 Å². The first-order chi connectivity index (χ1) is 17.7. The standard InChI is InChI=1S/C31H49NO5/c1-22-10-13-26(33)21-25(22)12-11-24-8-6-17-31(3)27(14-15-28(24)31)23(2)7-5-9-29(34)32-18-20-37-19-16-30(35)36-4/h11-12,23,26-28,33H,1,5-10,13-21H2,2-4H3,(H,32,34)/b24-11+,25-12-/t23-,26+,27-,28+,31-/m1/s1. The Morgan fingerprint density at radius 1 is 1.19 bits per heavy atom. The number of rotatable bonds is 12. The second-order valence-corrected chi connectivity index (χ2v) is 11.7. The normalized spacial score (nSPS) is 30.8. The Morgan fingerprint density at radius 3 is 2.78 bits per heavy atom. The van der Waals surface area contributed by atoms with Gasteiger partial charge in [-0.3, -0.25) is 9.59 Å². The van der Waals surface area contributed by atoms with E-state index < -0.39 is 0 Å². The molecule has 1 amide bonds. The molecule has 6 nitrogen and oxygen atoms in total. The SMILES string of the molecule is C=C1CC[C@H](O)C/C1=C/C=C1\CCC[C@]2(C)[C@@H]([C@H](C)CCCC(=O)NCCOCCC(=O)OC)CC[C@@H]12. The van der Waals surface area contributed by atoms with Crippen molar-refractivity contribution in [3.05, 3.63) is 35.5 Å². The number of hydrogen-bond acceptors (Lipinski definition) is 5. The lowest BCUT2D eigenvalue weighted by Gasteiger charge is -2.44. The Labute approximate surface area is 223 Å². The molecule has 2 N–H and O–H groups in total. The van der Waals surface area contributed by atoms with Gasteiger partial charge in [0.15, 0.2) is 0 Å². The van der Waals surface area contributed by atoms with Gasteiger partial charge in [-0.15, -0.1) is 0 Å². The minimum absolute atomic E-state index is 0.0737. The van der Waals surface area contributed by atoms with Crippen molar-refractivity contribution in [1.82, 2.24) is 5.32 Å². The van der Waals surface area contributed by atoms with Crippen LogP contribution in [0.15, 0.2) is 35.5 Å². The van der Waals surface area contributed by atoms with Crippen molar-refractivity contribution in [3.63, 3.8) is 0 Å². The average molecular weight is 516 g/mol. The third-order valence-corrected chi connectivity index (χ3v) is 9.22.